The van der Waals surface area contributed by atoms with Gasteiger partial charge in [-0.15, -0.1) is 0 Å². The number of carbonyl (C=O) groups excluding carboxylic acids is 2. The zero-order valence-electron chi connectivity index (χ0n) is 27.9. The lowest BCUT2D eigenvalue weighted by Crippen LogP contribution is -2.59. The van der Waals surface area contributed by atoms with Crippen LogP contribution in [0.4, 0.5) is 10.6 Å². The molecule has 0 aliphatic carbocycles. The Kier molecular flexibility index (Phi) is 8.35. The van der Waals surface area contributed by atoms with E-state index in [0.717, 1.165) is 5.56 Å². The maximum absolute atomic E-state index is 14.2. The second kappa shape index (κ2) is 12.2. The van der Waals surface area contributed by atoms with E-state index in [4.69, 9.17) is 22.7 Å². The molecule has 3 aromatic heterocycles. The molecule has 0 saturated carbocycles. The van der Waals surface area contributed by atoms with E-state index in [2.05, 4.69) is 9.97 Å². The molecule has 0 N–H and O–H groups in total. The topological polar surface area (TPSA) is 111 Å². The second-order valence-corrected chi connectivity index (χ2v) is 13.3. The number of ether oxygens (including phenoxy) is 1. The highest BCUT2D eigenvalue weighted by Gasteiger charge is 2.36. The Morgan fingerprint density at radius 3 is 2.42 bits per heavy atom. The van der Waals surface area contributed by atoms with E-state index in [1.165, 1.54) is 4.57 Å². The van der Waals surface area contributed by atoms with Crippen LogP contribution in [-0.2, 0) is 4.74 Å². The first-order valence-corrected chi connectivity index (χ1v) is 15.4. The highest BCUT2D eigenvalue weighted by atomic mass is 35.5. The Morgan fingerprint density at radius 1 is 1.13 bits per heavy atom. The van der Waals surface area contributed by atoms with Crippen molar-refractivity contribution in [1.82, 2.24) is 24.4 Å². The van der Waals surface area contributed by atoms with Crippen molar-refractivity contribution in [3.8, 4) is 16.9 Å². The molecule has 11 heteroatoms. The van der Waals surface area contributed by atoms with Gasteiger partial charge in [0.1, 0.15) is 12.8 Å². The molecule has 4 heterocycles. The Hall–Kier alpha value is -4.31. The largest absolute Gasteiger partial charge is 0.444 e. The van der Waals surface area contributed by atoms with Crippen LogP contribution in [0.1, 0.15) is 77.4 Å². The Bertz CT molecular complexity index is 1890. The van der Waals surface area contributed by atoms with E-state index < -0.39 is 23.6 Å². The Balaban J connectivity index is 1.78. The third-order valence-electron chi connectivity index (χ3n) is 7.83. The summed E-state index contributed by atoms with van der Waals surface area (Å²) in [6, 6.07) is 9.70. The third-order valence-corrected chi connectivity index (χ3v) is 8.12. The Labute approximate surface area is 269 Å². The van der Waals surface area contributed by atoms with Gasteiger partial charge in [0.05, 0.1) is 27.5 Å². The average molecular weight is 632 g/mol. The molecule has 1 saturated heterocycles. The minimum Gasteiger partial charge on any atom is -0.444 e. The van der Waals surface area contributed by atoms with Crippen molar-refractivity contribution in [3.05, 3.63) is 74.9 Å². The van der Waals surface area contributed by atoms with Crippen LogP contribution < -0.4 is 10.6 Å². The molecule has 236 valence electrons. The maximum atomic E-state index is 14.2. The zero-order chi connectivity index (χ0) is 33.7. The fourth-order valence-electron chi connectivity index (χ4n) is 5.97. The number of amides is 1. The van der Waals surface area contributed by atoms with Gasteiger partial charge in [-0.1, -0.05) is 49.7 Å². The van der Waals surface area contributed by atoms with E-state index in [1.807, 2.05) is 66.4 Å². The van der Waals surface area contributed by atoms with Crippen molar-refractivity contribution in [1.29, 1.82) is 0 Å². The molecular formula is C34H39ClN6O4. The molecule has 0 spiro atoms. The highest BCUT2D eigenvalue weighted by Crippen LogP contribution is 2.37. The molecule has 1 aliphatic rings. The van der Waals surface area contributed by atoms with Gasteiger partial charge in [0.15, 0.2) is 11.9 Å². The summed E-state index contributed by atoms with van der Waals surface area (Å²) in [5.41, 5.74) is 1.97. The zero-order valence-corrected chi connectivity index (χ0v) is 27.6. The molecule has 0 unspecified atom stereocenters. The van der Waals surface area contributed by atoms with Crippen molar-refractivity contribution >= 4 is 40.8 Å². The van der Waals surface area contributed by atoms with Gasteiger partial charge in [-0.05, 0) is 65.2 Å². The number of benzene rings is 1. The SMILES string of the molecule is [2H]C(=O)c1ccccc1-c1nc2c(cc1Cl)c(N1[C@@H](C)CN(C(=O)OC(C)(C)C)C[C@@H]1C)nc(=O)n2-c1c(C)ccnc1C(C)C. The predicted octanol–water partition coefficient (Wildman–Crippen LogP) is 6.57. The maximum Gasteiger partial charge on any atom is 0.410 e. The van der Waals surface area contributed by atoms with Crippen molar-refractivity contribution in [2.45, 2.75) is 79.0 Å². The van der Waals surface area contributed by atoms with Crippen LogP contribution in [0.25, 0.3) is 28.0 Å². The summed E-state index contributed by atoms with van der Waals surface area (Å²) in [7, 11) is 0. The van der Waals surface area contributed by atoms with E-state index in [0.29, 0.717) is 41.2 Å². The van der Waals surface area contributed by atoms with Crippen LogP contribution in [-0.4, -0.2) is 67.5 Å². The number of hydrogen-bond acceptors (Lipinski definition) is 8. The van der Waals surface area contributed by atoms with Crippen LogP contribution in [0.5, 0.6) is 0 Å². The number of carbonyl (C=O) groups is 2. The molecule has 0 bridgehead atoms. The molecule has 1 fully saturated rings. The minimum atomic E-state index is -0.878. The smallest absolute Gasteiger partial charge is 0.410 e. The monoisotopic (exact) mass is 631 g/mol. The van der Waals surface area contributed by atoms with Crippen molar-refractivity contribution in [2.75, 3.05) is 18.0 Å². The van der Waals surface area contributed by atoms with E-state index in [9.17, 15) is 14.4 Å². The quantitative estimate of drug-likeness (QED) is 0.227. The van der Waals surface area contributed by atoms with Crippen molar-refractivity contribution in [3.63, 3.8) is 0 Å². The minimum absolute atomic E-state index is 0.0223. The molecule has 4 aromatic rings. The first-order valence-electron chi connectivity index (χ1n) is 15.5. The van der Waals surface area contributed by atoms with Gasteiger partial charge >= 0.3 is 11.8 Å². The third kappa shape index (κ3) is 6.16. The molecule has 0 radical (unpaired) electrons. The van der Waals surface area contributed by atoms with Crippen LogP contribution in [0, 0.1) is 6.92 Å². The first kappa shape index (κ1) is 30.7. The van der Waals surface area contributed by atoms with Gasteiger partial charge in [-0.2, -0.15) is 4.98 Å². The molecule has 45 heavy (non-hydrogen) atoms. The number of piperazine rings is 1. The Morgan fingerprint density at radius 2 is 1.80 bits per heavy atom. The average Bonchev–Trinajstić information content (AvgIpc) is 2.96. The fourth-order valence-corrected chi connectivity index (χ4v) is 6.23. The summed E-state index contributed by atoms with van der Waals surface area (Å²) < 4.78 is 14.9. The molecule has 1 aliphatic heterocycles. The summed E-state index contributed by atoms with van der Waals surface area (Å²) >= 11 is 6.92. The normalized spacial score (nSPS) is 17.5. The summed E-state index contributed by atoms with van der Waals surface area (Å²) in [5.74, 6) is 0.365. The van der Waals surface area contributed by atoms with Crippen molar-refractivity contribution < 1.29 is 15.7 Å². The molecular weight excluding hydrogens is 592 g/mol. The highest BCUT2D eigenvalue weighted by molar-refractivity contribution is 6.34. The summed E-state index contributed by atoms with van der Waals surface area (Å²) in [6.07, 6.45) is 0.434. The standard InChI is InChI=1S/C34H39ClN6O4/c1-19(2)27-29(20(3)13-14-36-27)41-30-25(15-26(35)28(37-30)24-12-10-9-11-23(24)18-42)31(38-32(41)43)40-21(4)16-39(17-22(40)5)33(44)45-34(6,7)8/h9-15,18-19,21-22H,16-17H2,1-8H3/t21-,22-/m0/s1/i18D. The van der Waals surface area contributed by atoms with Gasteiger partial charge in [0.25, 0.3) is 0 Å². The molecule has 5 rings (SSSR count). The predicted molar refractivity (Wildman–Crippen MR) is 177 cm³/mol. The lowest BCUT2D eigenvalue weighted by Gasteiger charge is -2.45. The number of rotatable bonds is 5. The summed E-state index contributed by atoms with van der Waals surface area (Å²) in [5, 5.41) is 0.750. The van der Waals surface area contributed by atoms with E-state index in [1.54, 1.807) is 41.4 Å². The lowest BCUT2D eigenvalue weighted by atomic mass is 10.0. The number of fused-ring (bicyclic) bond motifs is 1. The number of aromatic nitrogens is 4. The molecule has 1 amide bonds. The van der Waals surface area contributed by atoms with Gasteiger partial charge < -0.3 is 14.5 Å². The van der Waals surface area contributed by atoms with Crippen molar-refractivity contribution in [2.24, 2.45) is 0 Å². The number of aryl methyl sites for hydroxylation is 1. The first-order chi connectivity index (χ1) is 21.6. The number of anilines is 1. The van der Waals surface area contributed by atoms with Gasteiger partial charge in [0.2, 0.25) is 0 Å². The molecule has 10 nitrogen and oxygen atoms in total. The fraction of sp³-hybridized carbons (Fsp3) is 0.412. The van der Waals surface area contributed by atoms with E-state index in [-0.39, 0.29) is 39.9 Å². The number of halogens is 1. The van der Waals surface area contributed by atoms with Crippen LogP contribution in [0.2, 0.25) is 5.02 Å². The van der Waals surface area contributed by atoms with Gasteiger partial charge in [0, 0.05) is 42.5 Å². The van der Waals surface area contributed by atoms with Crippen LogP contribution >= 0.6 is 11.6 Å². The molecule has 2 atom stereocenters. The lowest BCUT2D eigenvalue weighted by molar-refractivity contribution is 0.0192. The van der Waals surface area contributed by atoms with E-state index >= 15 is 0 Å². The number of nitrogens with zero attached hydrogens (tertiary/aromatic N) is 6. The second-order valence-electron chi connectivity index (χ2n) is 12.9. The summed E-state index contributed by atoms with van der Waals surface area (Å²) in [4.78, 5) is 57.4. The number of aldehydes is 1. The number of pyridine rings is 2. The van der Waals surface area contributed by atoms with Gasteiger partial charge in [-0.3, -0.25) is 9.78 Å². The number of hydrogen-bond donors (Lipinski definition) is 0. The van der Waals surface area contributed by atoms with Gasteiger partial charge in [-0.25, -0.2) is 19.1 Å². The summed E-state index contributed by atoms with van der Waals surface area (Å²) in [6.45, 7) is 16.0. The molecule has 1 aromatic carbocycles. The van der Waals surface area contributed by atoms with Crippen LogP contribution in [0.15, 0.2) is 47.4 Å². The van der Waals surface area contributed by atoms with Crippen LogP contribution in [0.3, 0.4) is 0 Å².